The van der Waals surface area contributed by atoms with Gasteiger partial charge in [0.05, 0.1) is 12.7 Å². The van der Waals surface area contributed by atoms with Crippen molar-refractivity contribution in [1.29, 1.82) is 0 Å². The second-order valence-electron chi connectivity index (χ2n) is 11.1. The first kappa shape index (κ1) is 18.3. The van der Waals surface area contributed by atoms with Crippen molar-refractivity contribution in [3.8, 4) is 0 Å². The molecule has 0 aromatic heterocycles. The van der Waals surface area contributed by atoms with Gasteiger partial charge >= 0.3 is 0 Å². The quantitative estimate of drug-likeness (QED) is 0.639. The molecule has 5 aliphatic rings. The Labute approximate surface area is 165 Å². The molecule has 27 heavy (non-hydrogen) atoms. The molecular formula is C25H38O2. The summed E-state index contributed by atoms with van der Waals surface area (Å²) in [7, 11) is 0. The maximum atomic E-state index is 10.2. The smallest absolute Gasteiger partial charge is 0.111 e. The van der Waals surface area contributed by atoms with Crippen molar-refractivity contribution >= 4 is 0 Å². The molecule has 0 saturated heterocycles. The number of aliphatic hydroxyl groups is 1. The molecule has 5 rings (SSSR count). The van der Waals surface area contributed by atoms with Crippen LogP contribution in [-0.4, -0.2) is 17.8 Å². The highest BCUT2D eigenvalue weighted by Gasteiger charge is 2.60. The van der Waals surface area contributed by atoms with Gasteiger partial charge in [0.1, 0.15) is 5.76 Å². The lowest BCUT2D eigenvalue weighted by molar-refractivity contribution is -0.129. The molecule has 4 saturated carbocycles. The Kier molecular flexibility index (Phi) is 4.31. The number of fused-ring (bicyclic) bond motifs is 5. The van der Waals surface area contributed by atoms with E-state index in [1.165, 1.54) is 44.9 Å². The molecular weight excluding hydrogens is 332 g/mol. The van der Waals surface area contributed by atoms with E-state index < -0.39 is 0 Å². The average Bonchev–Trinajstić information content (AvgIpc) is 3.00. The van der Waals surface area contributed by atoms with E-state index in [2.05, 4.69) is 32.6 Å². The van der Waals surface area contributed by atoms with Crippen molar-refractivity contribution in [3.05, 3.63) is 24.5 Å². The van der Waals surface area contributed by atoms with Gasteiger partial charge in [-0.25, -0.2) is 0 Å². The van der Waals surface area contributed by atoms with E-state index in [-0.39, 0.29) is 6.10 Å². The highest BCUT2D eigenvalue weighted by molar-refractivity contribution is 5.16. The van der Waals surface area contributed by atoms with Crippen LogP contribution in [0.15, 0.2) is 24.5 Å². The lowest BCUT2D eigenvalue weighted by Crippen LogP contribution is -2.54. The molecule has 0 bridgehead atoms. The van der Waals surface area contributed by atoms with Gasteiger partial charge in [-0.15, -0.1) is 0 Å². The first-order chi connectivity index (χ1) is 12.9. The second kappa shape index (κ2) is 6.37. The number of allylic oxidation sites excluding steroid dienone is 1. The normalized spacial score (nSPS) is 54.6. The maximum Gasteiger partial charge on any atom is 0.111 e. The molecule has 4 aliphatic carbocycles. The van der Waals surface area contributed by atoms with E-state index in [1.54, 1.807) is 0 Å². The van der Waals surface area contributed by atoms with E-state index in [0.29, 0.717) is 16.7 Å². The Morgan fingerprint density at radius 3 is 2.48 bits per heavy atom. The molecule has 0 spiro atoms. The van der Waals surface area contributed by atoms with Gasteiger partial charge < -0.3 is 9.84 Å². The largest absolute Gasteiger partial charge is 0.494 e. The number of hydrogen-bond donors (Lipinski definition) is 1. The van der Waals surface area contributed by atoms with Gasteiger partial charge in [-0.3, -0.25) is 0 Å². The van der Waals surface area contributed by atoms with Crippen molar-refractivity contribution in [2.24, 2.45) is 46.3 Å². The van der Waals surface area contributed by atoms with Crippen molar-refractivity contribution in [3.63, 3.8) is 0 Å². The molecule has 150 valence electrons. The van der Waals surface area contributed by atoms with Crippen LogP contribution in [0.3, 0.4) is 0 Å². The summed E-state index contributed by atoms with van der Waals surface area (Å²) in [4.78, 5) is 0. The molecule has 4 fully saturated rings. The molecule has 1 aliphatic heterocycles. The van der Waals surface area contributed by atoms with Crippen LogP contribution in [0.2, 0.25) is 0 Å². The van der Waals surface area contributed by atoms with E-state index in [1.807, 2.05) is 0 Å². The zero-order valence-electron chi connectivity index (χ0n) is 17.3. The third-order valence-corrected chi connectivity index (χ3v) is 10.2. The lowest BCUT2D eigenvalue weighted by atomic mass is 9.44. The van der Waals surface area contributed by atoms with Crippen LogP contribution in [0.5, 0.6) is 0 Å². The summed E-state index contributed by atoms with van der Waals surface area (Å²) < 4.78 is 5.83. The second-order valence-corrected chi connectivity index (χ2v) is 11.1. The minimum absolute atomic E-state index is 0.0304. The third-order valence-electron chi connectivity index (χ3n) is 10.2. The fraction of sp³-hybridized carbons (Fsp3) is 0.840. The molecule has 0 aromatic carbocycles. The van der Waals surface area contributed by atoms with E-state index in [0.717, 1.165) is 54.8 Å². The fourth-order valence-electron chi connectivity index (χ4n) is 8.77. The van der Waals surface area contributed by atoms with Gasteiger partial charge in [0, 0.05) is 5.92 Å². The van der Waals surface area contributed by atoms with Crippen LogP contribution in [0.25, 0.3) is 0 Å². The predicted molar refractivity (Wildman–Crippen MR) is 109 cm³/mol. The molecule has 0 amide bonds. The van der Waals surface area contributed by atoms with E-state index in [4.69, 9.17) is 4.74 Å². The number of ether oxygens (including phenoxy) is 1. The Bertz CT molecular complexity index is 638. The van der Waals surface area contributed by atoms with Crippen LogP contribution in [0.4, 0.5) is 0 Å². The van der Waals surface area contributed by atoms with Crippen molar-refractivity contribution < 1.29 is 9.84 Å². The van der Waals surface area contributed by atoms with Crippen LogP contribution >= 0.6 is 0 Å². The molecule has 8 unspecified atom stereocenters. The molecule has 1 heterocycles. The fourth-order valence-corrected chi connectivity index (χ4v) is 8.77. The van der Waals surface area contributed by atoms with Gasteiger partial charge in [0.2, 0.25) is 0 Å². The number of aliphatic hydroxyl groups excluding tert-OH is 1. The summed E-state index contributed by atoms with van der Waals surface area (Å²) in [5.74, 6) is 5.70. The Morgan fingerprint density at radius 2 is 1.70 bits per heavy atom. The number of hydrogen-bond acceptors (Lipinski definition) is 2. The summed E-state index contributed by atoms with van der Waals surface area (Å²) in [6.07, 6.45) is 16.2. The topological polar surface area (TPSA) is 29.5 Å². The van der Waals surface area contributed by atoms with Crippen molar-refractivity contribution in [2.75, 3.05) is 6.61 Å². The zero-order chi connectivity index (χ0) is 18.8. The standard InChI is InChI=1S/C25H38O2/c1-16-4-5-17(15-27-16)21-8-9-22-20-7-6-18-14-19(26)10-12-24(18,2)23(20)11-13-25(21,22)3/h4-5,17-23,26H,1,6-15H2,2-3H3/t17?,18?,19-,20?,21?,22?,23?,24?,25?/m0/s1. The molecule has 1 N–H and O–H groups in total. The van der Waals surface area contributed by atoms with Gasteiger partial charge in [-0.05, 0) is 104 Å². The molecule has 0 aromatic rings. The Hall–Kier alpha value is -0.760. The van der Waals surface area contributed by atoms with Gasteiger partial charge in [0.15, 0.2) is 0 Å². The van der Waals surface area contributed by atoms with Crippen LogP contribution in [0, 0.1) is 46.3 Å². The highest BCUT2D eigenvalue weighted by atomic mass is 16.5. The van der Waals surface area contributed by atoms with Gasteiger partial charge in [-0.2, -0.15) is 0 Å². The maximum absolute atomic E-state index is 10.2. The molecule has 2 heteroatoms. The molecule has 9 atom stereocenters. The first-order valence-electron chi connectivity index (χ1n) is 11.6. The summed E-state index contributed by atoms with van der Waals surface area (Å²) >= 11 is 0. The van der Waals surface area contributed by atoms with Crippen molar-refractivity contribution in [2.45, 2.75) is 77.7 Å². The van der Waals surface area contributed by atoms with E-state index >= 15 is 0 Å². The monoisotopic (exact) mass is 370 g/mol. The Morgan fingerprint density at radius 1 is 0.963 bits per heavy atom. The molecule has 2 nitrogen and oxygen atoms in total. The number of rotatable bonds is 1. The average molecular weight is 371 g/mol. The van der Waals surface area contributed by atoms with Crippen LogP contribution in [-0.2, 0) is 4.74 Å². The van der Waals surface area contributed by atoms with Gasteiger partial charge in [-0.1, -0.05) is 26.5 Å². The van der Waals surface area contributed by atoms with Crippen LogP contribution < -0.4 is 0 Å². The van der Waals surface area contributed by atoms with Crippen LogP contribution in [0.1, 0.15) is 71.6 Å². The van der Waals surface area contributed by atoms with Crippen molar-refractivity contribution in [1.82, 2.24) is 0 Å². The van der Waals surface area contributed by atoms with Gasteiger partial charge in [0.25, 0.3) is 0 Å². The SMILES string of the molecule is C=C1C=CC(C2CCC3C4CCC5C[C@@H](O)CCC5(C)C4CCC23C)CO1. The predicted octanol–water partition coefficient (Wildman–Crippen LogP) is 5.72. The highest BCUT2D eigenvalue weighted by Crippen LogP contribution is 2.68. The summed E-state index contributed by atoms with van der Waals surface area (Å²) in [6.45, 7) is 10.0. The first-order valence-corrected chi connectivity index (χ1v) is 11.6. The lowest BCUT2D eigenvalue weighted by Gasteiger charge is -2.61. The summed E-state index contributed by atoms with van der Waals surface area (Å²) in [6, 6.07) is 0. The van der Waals surface area contributed by atoms with E-state index in [9.17, 15) is 5.11 Å². The minimum atomic E-state index is -0.0304. The minimum Gasteiger partial charge on any atom is -0.494 e. The zero-order valence-corrected chi connectivity index (χ0v) is 17.3. The third kappa shape index (κ3) is 2.69. The summed E-state index contributed by atoms with van der Waals surface area (Å²) in [5, 5.41) is 10.2. The Balaban J connectivity index is 1.39. The molecule has 0 radical (unpaired) electrons. The summed E-state index contributed by atoms with van der Waals surface area (Å²) in [5.41, 5.74) is 0.989.